The zero-order valence-corrected chi connectivity index (χ0v) is 20.1. The smallest absolute Gasteiger partial charge is 0.256 e. The molecule has 5 rings (SSSR count). The number of halogens is 2. The summed E-state index contributed by atoms with van der Waals surface area (Å²) in [5.41, 5.74) is 3.71. The second-order valence-corrected chi connectivity index (χ2v) is 9.30. The standard InChI is InChI=1S/C28H28F2N4O2/c1-17-14-21(27(35)31-10-5-13-34-11-2-3-12-34)25(32-17)16-22-26-20(6-4-7-24(26)33-28(22)36)19-9-8-18(29)15-23(19)30/h4,6-9,14-16,32H,2-3,5,10-13H2,1H3,(H,31,35)(H,33,36). The summed E-state index contributed by atoms with van der Waals surface area (Å²) in [6.45, 7) is 5.61. The maximum Gasteiger partial charge on any atom is 0.256 e. The highest BCUT2D eigenvalue weighted by Crippen LogP contribution is 2.41. The average molecular weight is 491 g/mol. The lowest BCUT2D eigenvalue weighted by molar-refractivity contribution is -0.110. The molecule has 0 unspecified atom stereocenters. The normalized spacial score (nSPS) is 16.4. The molecule has 0 atom stereocenters. The fourth-order valence-corrected chi connectivity index (χ4v) is 4.98. The van der Waals surface area contributed by atoms with Gasteiger partial charge >= 0.3 is 0 Å². The number of nitrogens with zero attached hydrogens (tertiary/aromatic N) is 1. The Bertz CT molecular complexity index is 1360. The number of aromatic amines is 1. The largest absolute Gasteiger partial charge is 0.358 e. The Balaban J connectivity index is 1.43. The summed E-state index contributed by atoms with van der Waals surface area (Å²) >= 11 is 0. The molecule has 1 fully saturated rings. The number of benzene rings is 2. The van der Waals surface area contributed by atoms with Crippen LogP contribution < -0.4 is 10.6 Å². The van der Waals surface area contributed by atoms with Crippen LogP contribution in [0.3, 0.4) is 0 Å². The molecule has 2 aromatic carbocycles. The van der Waals surface area contributed by atoms with E-state index < -0.39 is 11.6 Å². The van der Waals surface area contributed by atoms with Crippen molar-refractivity contribution >= 4 is 29.2 Å². The molecule has 1 saturated heterocycles. The molecule has 0 spiro atoms. The number of carbonyl (C=O) groups is 2. The number of amides is 2. The first-order valence-electron chi connectivity index (χ1n) is 12.2. The minimum atomic E-state index is -0.716. The molecule has 1 aromatic heterocycles. The molecular weight excluding hydrogens is 462 g/mol. The Labute approximate surface area is 208 Å². The molecule has 36 heavy (non-hydrogen) atoms. The lowest BCUT2D eigenvalue weighted by Gasteiger charge is -2.14. The number of anilines is 1. The van der Waals surface area contributed by atoms with Gasteiger partial charge in [-0.05, 0) is 81.7 Å². The number of nitrogens with one attached hydrogen (secondary N) is 3. The lowest BCUT2D eigenvalue weighted by Crippen LogP contribution is -2.28. The second-order valence-electron chi connectivity index (χ2n) is 9.30. The van der Waals surface area contributed by atoms with Crippen molar-refractivity contribution in [3.8, 4) is 11.1 Å². The van der Waals surface area contributed by atoms with Gasteiger partial charge in [-0.1, -0.05) is 12.1 Å². The van der Waals surface area contributed by atoms with Crippen molar-refractivity contribution in [2.75, 3.05) is 31.5 Å². The molecule has 2 aliphatic heterocycles. The summed E-state index contributed by atoms with van der Waals surface area (Å²) in [5, 5.41) is 5.79. The van der Waals surface area contributed by atoms with Gasteiger partial charge in [-0.2, -0.15) is 0 Å². The summed E-state index contributed by atoms with van der Waals surface area (Å²) < 4.78 is 28.2. The number of likely N-dealkylation sites (tertiary alicyclic amines) is 1. The molecule has 3 N–H and O–H groups in total. The maximum atomic E-state index is 14.6. The topological polar surface area (TPSA) is 77.2 Å². The van der Waals surface area contributed by atoms with Gasteiger partial charge in [0, 0.05) is 35.1 Å². The Morgan fingerprint density at radius 1 is 1.11 bits per heavy atom. The molecule has 0 saturated carbocycles. The summed E-state index contributed by atoms with van der Waals surface area (Å²) in [4.78, 5) is 31.5. The van der Waals surface area contributed by atoms with Crippen LogP contribution in [-0.2, 0) is 4.79 Å². The van der Waals surface area contributed by atoms with E-state index in [9.17, 15) is 18.4 Å². The fourth-order valence-electron chi connectivity index (χ4n) is 4.98. The van der Waals surface area contributed by atoms with E-state index in [4.69, 9.17) is 0 Å². The number of carbonyl (C=O) groups excluding carboxylic acids is 2. The van der Waals surface area contributed by atoms with Gasteiger partial charge in [0.25, 0.3) is 11.8 Å². The van der Waals surface area contributed by atoms with E-state index in [1.54, 1.807) is 30.3 Å². The van der Waals surface area contributed by atoms with Gasteiger partial charge in [-0.15, -0.1) is 0 Å². The number of rotatable bonds is 7. The first-order chi connectivity index (χ1) is 17.4. The number of hydrogen-bond acceptors (Lipinski definition) is 3. The van der Waals surface area contributed by atoms with Crippen LogP contribution >= 0.6 is 0 Å². The number of H-pyrrole nitrogens is 1. The predicted octanol–water partition coefficient (Wildman–Crippen LogP) is 4.98. The quantitative estimate of drug-likeness (QED) is 0.323. The lowest BCUT2D eigenvalue weighted by atomic mass is 9.93. The number of aryl methyl sites for hydroxylation is 1. The van der Waals surface area contributed by atoms with Gasteiger partial charge in [0.2, 0.25) is 0 Å². The molecule has 0 radical (unpaired) electrons. The van der Waals surface area contributed by atoms with Crippen LogP contribution in [0.5, 0.6) is 0 Å². The van der Waals surface area contributed by atoms with Crippen LogP contribution in [0.15, 0.2) is 42.5 Å². The molecule has 8 heteroatoms. The van der Waals surface area contributed by atoms with Crippen LogP contribution in [0.1, 0.15) is 46.6 Å². The van der Waals surface area contributed by atoms with E-state index in [1.807, 2.05) is 6.92 Å². The zero-order chi connectivity index (χ0) is 25.2. The second kappa shape index (κ2) is 10.1. The number of hydrogen-bond donors (Lipinski definition) is 3. The van der Waals surface area contributed by atoms with E-state index in [0.717, 1.165) is 37.8 Å². The fraction of sp³-hybridized carbons (Fsp3) is 0.286. The van der Waals surface area contributed by atoms with Crippen LogP contribution in [0.25, 0.3) is 22.8 Å². The predicted molar refractivity (Wildman–Crippen MR) is 136 cm³/mol. The average Bonchev–Trinajstić information content (AvgIpc) is 3.56. The monoisotopic (exact) mass is 490 g/mol. The van der Waals surface area contributed by atoms with E-state index in [-0.39, 0.29) is 17.4 Å². The van der Waals surface area contributed by atoms with Gasteiger partial charge in [0.15, 0.2) is 0 Å². The van der Waals surface area contributed by atoms with Crippen LogP contribution in [0, 0.1) is 18.6 Å². The molecule has 6 nitrogen and oxygen atoms in total. The highest BCUT2D eigenvalue weighted by atomic mass is 19.1. The van der Waals surface area contributed by atoms with Crippen molar-refractivity contribution in [2.24, 2.45) is 0 Å². The van der Waals surface area contributed by atoms with Crippen LogP contribution in [0.2, 0.25) is 0 Å². The Kier molecular flexibility index (Phi) is 6.69. The van der Waals surface area contributed by atoms with Gasteiger partial charge in [0.1, 0.15) is 11.6 Å². The van der Waals surface area contributed by atoms with Crippen LogP contribution in [0.4, 0.5) is 14.5 Å². The molecule has 0 aliphatic carbocycles. The molecule has 2 amide bonds. The Hall–Kier alpha value is -3.78. The molecule has 0 bridgehead atoms. The van der Waals surface area contributed by atoms with E-state index in [0.29, 0.717) is 40.2 Å². The number of aromatic nitrogens is 1. The van der Waals surface area contributed by atoms with Crippen LogP contribution in [-0.4, -0.2) is 47.9 Å². The molecule has 2 aliphatic rings. The van der Waals surface area contributed by atoms with E-state index >= 15 is 0 Å². The maximum absolute atomic E-state index is 14.6. The zero-order valence-electron chi connectivity index (χ0n) is 20.1. The molecule has 186 valence electrons. The van der Waals surface area contributed by atoms with E-state index in [1.165, 1.54) is 25.0 Å². The Morgan fingerprint density at radius 3 is 2.69 bits per heavy atom. The highest BCUT2D eigenvalue weighted by Gasteiger charge is 2.29. The minimum Gasteiger partial charge on any atom is -0.358 e. The van der Waals surface area contributed by atoms with Crippen molar-refractivity contribution < 1.29 is 18.4 Å². The van der Waals surface area contributed by atoms with Gasteiger partial charge in [0.05, 0.1) is 16.8 Å². The van der Waals surface area contributed by atoms with Gasteiger partial charge in [-0.3, -0.25) is 9.59 Å². The van der Waals surface area contributed by atoms with E-state index in [2.05, 4.69) is 20.5 Å². The van der Waals surface area contributed by atoms with Gasteiger partial charge < -0.3 is 20.5 Å². The highest BCUT2D eigenvalue weighted by molar-refractivity contribution is 6.36. The third kappa shape index (κ3) is 4.81. The summed E-state index contributed by atoms with van der Waals surface area (Å²) in [5.74, 6) is -1.97. The third-order valence-corrected chi connectivity index (χ3v) is 6.70. The minimum absolute atomic E-state index is 0.189. The Morgan fingerprint density at radius 2 is 1.92 bits per heavy atom. The first kappa shape index (κ1) is 23.9. The molecule has 3 aromatic rings. The number of fused-ring (bicyclic) bond motifs is 1. The van der Waals surface area contributed by atoms with Crippen molar-refractivity contribution in [3.63, 3.8) is 0 Å². The summed E-state index contributed by atoms with van der Waals surface area (Å²) in [6, 6.07) is 10.3. The molecule has 3 heterocycles. The van der Waals surface area contributed by atoms with Gasteiger partial charge in [-0.25, -0.2) is 8.78 Å². The van der Waals surface area contributed by atoms with Crippen molar-refractivity contribution in [1.82, 2.24) is 15.2 Å². The first-order valence-corrected chi connectivity index (χ1v) is 12.2. The third-order valence-electron chi connectivity index (χ3n) is 6.70. The summed E-state index contributed by atoms with van der Waals surface area (Å²) in [7, 11) is 0. The molecular formula is C28H28F2N4O2. The SMILES string of the molecule is Cc1cc(C(=O)NCCCN2CCCC2)c(C=C2C(=O)Nc3cccc(-c4ccc(F)cc4F)c32)[nH]1. The summed E-state index contributed by atoms with van der Waals surface area (Å²) in [6.07, 6.45) is 4.96. The van der Waals surface area contributed by atoms with Crippen molar-refractivity contribution in [3.05, 3.63) is 76.6 Å². The van der Waals surface area contributed by atoms with Crippen molar-refractivity contribution in [1.29, 1.82) is 0 Å². The van der Waals surface area contributed by atoms with Crippen molar-refractivity contribution in [2.45, 2.75) is 26.2 Å².